The molecule has 2 aromatic rings. The highest BCUT2D eigenvalue weighted by molar-refractivity contribution is 5.99. The number of benzene rings is 2. The molecule has 2 aromatic carbocycles. The molecule has 8 nitrogen and oxygen atoms in total. The molecule has 6 N–H and O–H groups in total. The lowest BCUT2D eigenvalue weighted by molar-refractivity contribution is 0.0956. The first-order valence-electron chi connectivity index (χ1n) is 7.27. The lowest BCUT2D eigenvalue weighted by atomic mass is 10.0. The highest BCUT2D eigenvalue weighted by atomic mass is 16.3. The number of Topliss-reactive ketones (excluding diaryl/α,β-unsaturated/α-hetero) is 2. The molecule has 0 amide bonds. The van der Waals surface area contributed by atoms with Crippen LogP contribution in [0.15, 0.2) is 24.3 Å². The van der Waals surface area contributed by atoms with Gasteiger partial charge in [-0.1, -0.05) is 0 Å². The molecule has 8 heteroatoms. The molecule has 25 heavy (non-hydrogen) atoms. The third kappa shape index (κ3) is 3.92. The zero-order valence-electron chi connectivity index (χ0n) is 12.9. The first-order chi connectivity index (χ1) is 11.7. The van der Waals surface area contributed by atoms with Crippen molar-refractivity contribution in [3.05, 3.63) is 35.4 Å². The Morgan fingerprint density at radius 2 is 0.880 bits per heavy atom. The Balaban J connectivity index is 1.98. The van der Waals surface area contributed by atoms with E-state index in [4.69, 9.17) is 0 Å². The number of phenolic OH excluding ortho intramolecular Hbond substituents is 6. The van der Waals surface area contributed by atoms with E-state index in [1.165, 1.54) is 0 Å². The first-order valence-corrected chi connectivity index (χ1v) is 7.27. The largest absolute Gasteiger partial charge is 0.504 e. The lowest BCUT2D eigenvalue weighted by Gasteiger charge is -2.06. The van der Waals surface area contributed by atoms with Gasteiger partial charge in [-0.2, -0.15) is 0 Å². The lowest BCUT2D eigenvalue weighted by Crippen LogP contribution is -2.03. The second-order valence-electron chi connectivity index (χ2n) is 5.43. The molecular formula is C17H16O8. The molecule has 0 saturated carbocycles. The van der Waals surface area contributed by atoms with Crippen LogP contribution in [0.25, 0.3) is 0 Å². The molecule has 0 bridgehead atoms. The third-order valence-corrected chi connectivity index (χ3v) is 3.59. The van der Waals surface area contributed by atoms with Gasteiger partial charge in [0.1, 0.15) is 0 Å². The van der Waals surface area contributed by atoms with Gasteiger partial charge < -0.3 is 30.6 Å². The van der Waals surface area contributed by atoms with Gasteiger partial charge in [-0.3, -0.25) is 9.59 Å². The molecule has 0 aliphatic rings. The average molecular weight is 348 g/mol. The molecule has 0 unspecified atom stereocenters. The van der Waals surface area contributed by atoms with E-state index in [0.717, 1.165) is 24.3 Å². The fraction of sp³-hybridized carbons (Fsp3) is 0.176. The zero-order chi connectivity index (χ0) is 18.7. The normalized spacial score (nSPS) is 10.6. The summed E-state index contributed by atoms with van der Waals surface area (Å²) in [4.78, 5) is 24.0. The Kier molecular flexibility index (Phi) is 5.02. The van der Waals surface area contributed by atoms with Gasteiger partial charge in [-0.05, 0) is 30.7 Å². The van der Waals surface area contributed by atoms with Crippen molar-refractivity contribution in [1.82, 2.24) is 0 Å². The predicted octanol–water partition coefficient (Wildman–Crippen LogP) is 2.16. The Labute approximate surface area is 141 Å². The molecule has 0 aliphatic carbocycles. The maximum atomic E-state index is 12.0. The molecular weight excluding hydrogens is 332 g/mol. The predicted molar refractivity (Wildman–Crippen MR) is 85.4 cm³/mol. The van der Waals surface area contributed by atoms with E-state index in [-0.39, 0.29) is 30.4 Å². The number of ketones is 2. The summed E-state index contributed by atoms with van der Waals surface area (Å²) in [6.45, 7) is 0. The van der Waals surface area contributed by atoms with Crippen molar-refractivity contribution in [2.24, 2.45) is 0 Å². The molecule has 0 radical (unpaired) electrons. The second kappa shape index (κ2) is 7.00. The number of carbonyl (C=O) groups is 2. The Morgan fingerprint density at radius 1 is 0.600 bits per heavy atom. The summed E-state index contributed by atoms with van der Waals surface area (Å²) >= 11 is 0. The topological polar surface area (TPSA) is 156 Å². The van der Waals surface area contributed by atoms with Crippen LogP contribution >= 0.6 is 0 Å². The van der Waals surface area contributed by atoms with Gasteiger partial charge >= 0.3 is 0 Å². The van der Waals surface area contributed by atoms with Gasteiger partial charge in [0.05, 0.1) is 0 Å². The minimum atomic E-state index is -0.723. The number of rotatable bonds is 6. The van der Waals surface area contributed by atoms with Crippen LogP contribution in [0, 0.1) is 0 Å². The van der Waals surface area contributed by atoms with Crippen LogP contribution in [0.3, 0.4) is 0 Å². The van der Waals surface area contributed by atoms with Gasteiger partial charge in [0.15, 0.2) is 46.1 Å². The smallest absolute Gasteiger partial charge is 0.200 e. The Bertz CT molecular complexity index is 725. The minimum Gasteiger partial charge on any atom is -0.504 e. The van der Waals surface area contributed by atoms with E-state index in [1.807, 2.05) is 0 Å². The standard InChI is InChI=1S/C17H16O8/c18-10(8-4-12(20)16(24)13(21)5-8)2-1-3-11(19)9-6-14(22)17(25)15(23)7-9/h4-7,20-25H,1-3H2. The number of aromatic hydroxyl groups is 6. The summed E-state index contributed by atoms with van der Waals surface area (Å²) in [7, 11) is 0. The Morgan fingerprint density at radius 3 is 1.16 bits per heavy atom. The van der Waals surface area contributed by atoms with Gasteiger partial charge in [-0.25, -0.2) is 0 Å². The molecule has 0 spiro atoms. The highest BCUT2D eigenvalue weighted by Gasteiger charge is 2.16. The first kappa shape index (κ1) is 17.9. The van der Waals surface area contributed by atoms with Gasteiger partial charge in [0.2, 0.25) is 0 Å². The highest BCUT2D eigenvalue weighted by Crippen LogP contribution is 2.37. The molecule has 0 heterocycles. The van der Waals surface area contributed by atoms with Crippen molar-refractivity contribution in [3.63, 3.8) is 0 Å². The minimum absolute atomic E-state index is 0.0137. The number of hydrogen-bond acceptors (Lipinski definition) is 8. The summed E-state index contributed by atoms with van der Waals surface area (Å²) in [6, 6.07) is 4.04. The van der Waals surface area contributed by atoms with Gasteiger partial charge in [0.25, 0.3) is 0 Å². The molecule has 0 saturated heterocycles. The molecule has 132 valence electrons. The molecule has 2 rings (SSSR count). The van der Waals surface area contributed by atoms with Crippen molar-refractivity contribution in [1.29, 1.82) is 0 Å². The fourth-order valence-electron chi connectivity index (χ4n) is 2.23. The summed E-state index contributed by atoms with van der Waals surface area (Å²) in [5.41, 5.74) is -0.0275. The van der Waals surface area contributed by atoms with Crippen LogP contribution in [-0.4, -0.2) is 42.2 Å². The second-order valence-corrected chi connectivity index (χ2v) is 5.43. The number of hydrogen-bond donors (Lipinski definition) is 6. The number of phenols is 6. The van der Waals surface area contributed by atoms with Crippen LogP contribution in [0.1, 0.15) is 40.0 Å². The van der Waals surface area contributed by atoms with Crippen molar-refractivity contribution >= 4 is 11.6 Å². The van der Waals surface area contributed by atoms with E-state index in [1.54, 1.807) is 0 Å². The van der Waals surface area contributed by atoms with Crippen molar-refractivity contribution in [2.45, 2.75) is 19.3 Å². The van der Waals surface area contributed by atoms with Gasteiger partial charge in [-0.15, -0.1) is 0 Å². The van der Waals surface area contributed by atoms with E-state index < -0.39 is 46.1 Å². The summed E-state index contributed by atoms with van der Waals surface area (Å²) in [5.74, 6) is -4.87. The summed E-state index contributed by atoms with van der Waals surface area (Å²) < 4.78 is 0. The van der Waals surface area contributed by atoms with E-state index in [0.29, 0.717) is 0 Å². The quantitative estimate of drug-likeness (QED) is 0.342. The summed E-state index contributed by atoms with van der Waals surface area (Å²) in [6.07, 6.45) is 0.0132. The fourth-order valence-corrected chi connectivity index (χ4v) is 2.23. The van der Waals surface area contributed by atoms with Crippen LogP contribution < -0.4 is 0 Å². The monoisotopic (exact) mass is 348 g/mol. The van der Waals surface area contributed by atoms with Crippen LogP contribution in [0.2, 0.25) is 0 Å². The van der Waals surface area contributed by atoms with Crippen LogP contribution in [0.5, 0.6) is 34.5 Å². The van der Waals surface area contributed by atoms with Crippen molar-refractivity contribution in [2.75, 3.05) is 0 Å². The van der Waals surface area contributed by atoms with Crippen molar-refractivity contribution in [3.8, 4) is 34.5 Å². The maximum Gasteiger partial charge on any atom is 0.200 e. The molecule has 0 aromatic heterocycles. The molecule has 0 atom stereocenters. The number of carbonyl (C=O) groups excluding carboxylic acids is 2. The maximum absolute atomic E-state index is 12.0. The Hall–Kier alpha value is -3.42. The zero-order valence-corrected chi connectivity index (χ0v) is 12.9. The van der Waals surface area contributed by atoms with Crippen molar-refractivity contribution < 1.29 is 40.2 Å². The van der Waals surface area contributed by atoms with E-state index in [9.17, 15) is 40.2 Å². The molecule has 0 fully saturated rings. The van der Waals surface area contributed by atoms with E-state index >= 15 is 0 Å². The molecule has 0 aliphatic heterocycles. The van der Waals surface area contributed by atoms with Crippen LogP contribution in [0.4, 0.5) is 0 Å². The van der Waals surface area contributed by atoms with Crippen LogP contribution in [-0.2, 0) is 0 Å². The SMILES string of the molecule is O=C(CCCC(=O)c1cc(O)c(O)c(O)c1)c1cc(O)c(O)c(O)c1. The summed E-state index contributed by atoms with van der Waals surface area (Å²) in [5, 5.41) is 56.0. The van der Waals surface area contributed by atoms with E-state index in [2.05, 4.69) is 0 Å². The third-order valence-electron chi connectivity index (χ3n) is 3.59. The van der Waals surface area contributed by atoms with Gasteiger partial charge in [0, 0.05) is 24.0 Å². The average Bonchev–Trinajstić information content (AvgIpc) is 2.56.